The fraction of sp³-hybridized carbons (Fsp3) is 0.227. The number of nitrogens with one attached hydrogen (secondary N) is 1. The van der Waals surface area contributed by atoms with Gasteiger partial charge in [0.05, 0.1) is 22.7 Å². The number of thiazole rings is 1. The molecule has 5 rings (SSSR count). The Morgan fingerprint density at radius 3 is 2.75 bits per heavy atom. The standard InChI is InChI=1S/C22H15F2N5O2S/c23-13-2-3-14(15(24)8-13)12-1-4-16-17(7-12)32-21(26-16)10-20-29-28-19(31-20)9-18(30)27-22(11-25)5-6-22/h1-4,7-8H,5-6,9-10H2,(H,27,30). The van der Waals surface area contributed by atoms with Crippen LogP contribution in [-0.4, -0.2) is 26.6 Å². The van der Waals surface area contributed by atoms with E-state index in [4.69, 9.17) is 9.68 Å². The Labute approximate surface area is 184 Å². The van der Waals surface area contributed by atoms with Crippen LogP contribution in [0.3, 0.4) is 0 Å². The summed E-state index contributed by atoms with van der Waals surface area (Å²) < 4.78 is 33.7. The highest BCUT2D eigenvalue weighted by atomic mass is 32.1. The Kier molecular flexibility index (Phi) is 4.90. The Bertz CT molecular complexity index is 1390. The first-order chi connectivity index (χ1) is 15.4. The van der Waals surface area contributed by atoms with Crippen LogP contribution in [0, 0.1) is 23.0 Å². The zero-order chi connectivity index (χ0) is 22.3. The predicted octanol–water partition coefficient (Wildman–Crippen LogP) is 3.93. The summed E-state index contributed by atoms with van der Waals surface area (Å²) in [5, 5.41) is 20.3. The van der Waals surface area contributed by atoms with Crippen LogP contribution in [0.1, 0.15) is 29.6 Å². The van der Waals surface area contributed by atoms with Gasteiger partial charge in [0.2, 0.25) is 17.7 Å². The zero-order valence-corrected chi connectivity index (χ0v) is 17.4. The molecular weight excluding hydrogens is 436 g/mol. The van der Waals surface area contributed by atoms with Crippen LogP contribution in [0.5, 0.6) is 0 Å². The van der Waals surface area contributed by atoms with E-state index in [1.165, 1.54) is 23.5 Å². The lowest BCUT2D eigenvalue weighted by Gasteiger charge is -2.06. The first kappa shape index (κ1) is 20.2. The number of hydrogen-bond donors (Lipinski definition) is 1. The molecule has 2 aromatic carbocycles. The molecule has 160 valence electrons. The number of amides is 1. The van der Waals surface area contributed by atoms with Crippen molar-refractivity contribution < 1.29 is 18.0 Å². The van der Waals surface area contributed by atoms with Crippen LogP contribution in [-0.2, 0) is 17.6 Å². The van der Waals surface area contributed by atoms with E-state index in [1.807, 2.05) is 0 Å². The second-order valence-corrected chi connectivity index (χ2v) is 8.71. The third kappa shape index (κ3) is 4.07. The second-order valence-electron chi connectivity index (χ2n) is 7.60. The van der Waals surface area contributed by atoms with Gasteiger partial charge in [-0.05, 0) is 42.7 Å². The molecule has 2 heterocycles. The molecular formula is C22H15F2N5O2S. The second kappa shape index (κ2) is 7.76. The van der Waals surface area contributed by atoms with Crippen molar-refractivity contribution in [2.75, 3.05) is 0 Å². The smallest absolute Gasteiger partial charge is 0.230 e. The lowest BCUT2D eigenvalue weighted by atomic mass is 10.1. The predicted molar refractivity (Wildman–Crippen MR) is 112 cm³/mol. The maximum Gasteiger partial charge on any atom is 0.230 e. The van der Waals surface area contributed by atoms with Crippen molar-refractivity contribution in [1.29, 1.82) is 5.26 Å². The minimum atomic E-state index is -0.739. The summed E-state index contributed by atoms with van der Waals surface area (Å²) in [4.78, 5) is 16.6. The lowest BCUT2D eigenvalue weighted by molar-refractivity contribution is -0.121. The van der Waals surface area contributed by atoms with Crippen molar-refractivity contribution in [3.63, 3.8) is 0 Å². The van der Waals surface area contributed by atoms with E-state index in [2.05, 4.69) is 26.6 Å². The Hall–Kier alpha value is -3.71. The van der Waals surface area contributed by atoms with Crippen LogP contribution in [0.25, 0.3) is 21.3 Å². The van der Waals surface area contributed by atoms with Gasteiger partial charge in [-0.3, -0.25) is 4.79 Å². The zero-order valence-electron chi connectivity index (χ0n) is 16.6. The summed E-state index contributed by atoms with van der Waals surface area (Å²) in [5.41, 5.74) is 0.938. The van der Waals surface area contributed by atoms with Gasteiger partial charge in [-0.25, -0.2) is 13.8 Å². The van der Waals surface area contributed by atoms with E-state index in [1.54, 1.807) is 18.2 Å². The molecule has 1 saturated carbocycles. The molecule has 0 aliphatic heterocycles. The molecule has 1 aliphatic rings. The number of halogens is 2. The topological polar surface area (TPSA) is 105 Å². The molecule has 0 bridgehead atoms. The molecule has 0 saturated heterocycles. The normalized spacial score (nSPS) is 14.3. The third-order valence-corrected chi connectivity index (χ3v) is 6.16. The van der Waals surface area contributed by atoms with E-state index in [0.29, 0.717) is 29.9 Å². The lowest BCUT2D eigenvalue weighted by Crippen LogP contribution is -2.36. The van der Waals surface area contributed by atoms with E-state index in [-0.39, 0.29) is 24.6 Å². The quantitative estimate of drug-likeness (QED) is 0.476. The monoisotopic (exact) mass is 451 g/mol. The molecule has 1 fully saturated rings. The van der Waals surface area contributed by atoms with Gasteiger partial charge < -0.3 is 9.73 Å². The van der Waals surface area contributed by atoms with Crippen molar-refractivity contribution in [1.82, 2.24) is 20.5 Å². The minimum absolute atomic E-state index is 0.0944. The number of fused-ring (bicyclic) bond motifs is 1. The number of aromatic nitrogens is 3. The van der Waals surface area contributed by atoms with E-state index in [0.717, 1.165) is 21.3 Å². The van der Waals surface area contributed by atoms with Gasteiger partial charge >= 0.3 is 0 Å². The molecule has 10 heteroatoms. The summed E-state index contributed by atoms with van der Waals surface area (Å²) in [6.07, 6.45) is 1.49. The maximum atomic E-state index is 14.1. The van der Waals surface area contributed by atoms with Crippen molar-refractivity contribution in [2.45, 2.75) is 31.2 Å². The average molecular weight is 451 g/mol. The molecule has 1 aliphatic carbocycles. The van der Waals surface area contributed by atoms with Crippen LogP contribution >= 0.6 is 11.3 Å². The molecule has 32 heavy (non-hydrogen) atoms. The van der Waals surface area contributed by atoms with Gasteiger partial charge in [0.25, 0.3) is 0 Å². The van der Waals surface area contributed by atoms with E-state index < -0.39 is 17.2 Å². The summed E-state index contributed by atoms with van der Waals surface area (Å²) in [6, 6.07) is 10.9. The Balaban J connectivity index is 1.29. The van der Waals surface area contributed by atoms with Crippen molar-refractivity contribution in [3.05, 3.63) is 64.8 Å². The first-order valence-corrected chi connectivity index (χ1v) is 10.6. The summed E-state index contributed by atoms with van der Waals surface area (Å²) in [7, 11) is 0. The molecule has 1 amide bonds. The SMILES string of the molecule is N#CC1(NC(=O)Cc2nnc(Cc3nc4ccc(-c5ccc(F)cc5F)cc4s3)o2)CC1. The molecule has 4 aromatic rings. The number of benzene rings is 2. The fourth-order valence-corrected chi connectivity index (χ4v) is 4.34. The number of carbonyl (C=O) groups is 1. The molecule has 0 atom stereocenters. The number of hydrogen-bond acceptors (Lipinski definition) is 7. The van der Waals surface area contributed by atoms with Gasteiger partial charge in [-0.1, -0.05) is 6.07 Å². The van der Waals surface area contributed by atoms with Gasteiger partial charge in [0, 0.05) is 11.6 Å². The highest BCUT2D eigenvalue weighted by Gasteiger charge is 2.44. The summed E-state index contributed by atoms with van der Waals surface area (Å²) in [5.74, 6) is -1.10. The fourth-order valence-electron chi connectivity index (χ4n) is 3.34. The maximum absolute atomic E-state index is 14.1. The molecule has 0 unspecified atom stereocenters. The Morgan fingerprint density at radius 1 is 1.19 bits per heavy atom. The van der Waals surface area contributed by atoms with Crippen LogP contribution in [0.15, 0.2) is 40.8 Å². The minimum Gasteiger partial charge on any atom is -0.424 e. The third-order valence-electron chi connectivity index (χ3n) is 5.14. The van der Waals surface area contributed by atoms with Gasteiger partial charge in [0.15, 0.2) is 0 Å². The van der Waals surface area contributed by atoms with Crippen LogP contribution in [0.2, 0.25) is 0 Å². The van der Waals surface area contributed by atoms with E-state index in [9.17, 15) is 13.6 Å². The number of nitriles is 1. The average Bonchev–Trinajstić information content (AvgIpc) is 3.19. The molecule has 2 aromatic heterocycles. The highest BCUT2D eigenvalue weighted by Crippen LogP contribution is 2.34. The first-order valence-electron chi connectivity index (χ1n) is 9.81. The van der Waals surface area contributed by atoms with Crippen molar-refractivity contribution in [3.8, 4) is 17.2 Å². The number of nitrogens with zero attached hydrogens (tertiary/aromatic N) is 4. The largest absolute Gasteiger partial charge is 0.424 e. The van der Waals surface area contributed by atoms with Gasteiger partial charge in [-0.2, -0.15) is 5.26 Å². The molecule has 7 nitrogen and oxygen atoms in total. The number of rotatable bonds is 6. The van der Waals surface area contributed by atoms with Crippen molar-refractivity contribution in [2.24, 2.45) is 0 Å². The molecule has 0 radical (unpaired) electrons. The Morgan fingerprint density at radius 2 is 2.00 bits per heavy atom. The van der Waals surface area contributed by atoms with Crippen LogP contribution in [0.4, 0.5) is 8.78 Å². The highest BCUT2D eigenvalue weighted by molar-refractivity contribution is 7.18. The summed E-state index contributed by atoms with van der Waals surface area (Å²) >= 11 is 1.40. The summed E-state index contributed by atoms with van der Waals surface area (Å²) in [6.45, 7) is 0. The van der Waals surface area contributed by atoms with Gasteiger partial charge in [0.1, 0.15) is 28.6 Å². The van der Waals surface area contributed by atoms with Crippen molar-refractivity contribution >= 4 is 27.5 Å². The molecule has 1 N–H and O–H groups in total. The number of carbonyl (C=O) groups excluding carboxylic acids is 1. The van der Waals surface area contributed by atoms with Crippen LogP contribution < -0.4 is 5.32 Å². The molecule has 0 spiro atoms. The van der Waals surface area contributed by atoms with Gasteiger partial charge in [-0.15, -0.1) is 21.5 Å². The van der Waals surface area contributed by atoms with E-state index >= 15 is 0 Å².